The Balaban J connectivity index is 3.33. The van der Waals surface area contributed by atoms with Gasteiger partial charge < -0.3 is 38.8 Å². The van der Waals surface area contributed by atoms with Crippen LogP contribution < -0.4 is 5.32 Å². The number of esters is 5. The van der Waals surface area contributed by atoms with Crippen molar-refractivity contribution in [2.24, 2.45) is 0 Å². The summed E-state index contributed by atoms with van der Waals surface area (Å²) in [4.78, 5) is 80.8. The predicted octanol–water partition coefficient (Wildman–Crippen LogP) is 5.53. The molecule has 318 valence electrons. The molecule has 0 unspecified atom stereocenters. The van der Waals surface area contributed by atoms with Gasteiger partial charge in [-0.15, -0.1) is 0 Å². The zero-order chi connectivity index (χ0) is 42.7. The fraction of sp³-hybridized carbons (Fsp3) is 0.714. The maximum Gasteiger partial charge on any atom is 0.307 e. The average Bonchev–Trinajstić information content (AvgIpc) is 3.02. The summed E-state index contributed by atoms with van der Waals surface area (Å²) in [5.74, 6) is -2.66. The number of hydrogen-bond donors (Lipinski definition) is 1. The number of benzene rings is 1. The van der Waals surface area contributed by atoms with E-state index >= 15 is 0 Å². The molecule has 1 amide bonds. The number of ether oxygens (including phenoxy) is 5. The first-order chi connectivity index (χ1) is 25.7. The lowest BCUT2D eigenvalue weighted by molar-refractivity contribution is -0.157. The number of nitrogens with one attached hydrogen (secondary N) is 1. The maximum absolute atomic E-state index is 13.4. The Labute approximate surface area is 334 Å². The molecule has 1 aromatic carbocycles. The van der Waals surface area contributed by atoms with Gasteiger partial charge in [0.2, 0.25) is 5.91 Å². The Kier molecular flexibility index (Phi) is 20.8. The predicted molar refractivity (Wildman–Crippen MR) is 212 cm³/mol. The van der Waals surface area contributed by atoms with Gasteiger partial charge in [0.1, 0.15) is 29.0 Å². The van der Waals surface area contributed by atoms with Crippen LogP contribution in [0.5, 0.6) is 0 Å². The Morgan fingerprint density at radius 2 is 0.839 bits per heavy atom. The minimum atomic E-state index is -0.694. The molecule has 0 radical (unpaired) electrons. The van der Waals surface area contributed by atoms with Crippen molar-refractivity contribution in [3.05, 3.63) is 35.9 Å². The Hall–Kier alpha value is -4.04. The summed E-state index contributed by atoms with van der Waals surface area (Å²) in [5, 5.41) is 3.02. The van der Waals surface area contributed by atoms with Crippen LogP contribution >= 0.6 is 0 Å². The fourth-order valence-corrected chi connectivity index (χ4v) is 5.25. The van der Waals surface area contributed by atoms with Crippen molar-refractivity contribution < 1.29 is 52.5 Å². The molecule has 0 saturated carbocycles. The molecular formula is C42H69N3O11. The molecule has 1 N–H and O–H groups in total. The molecule has 56 heavy (non-hydrogen) atoms. The van der Waals surface area contributed by atoms with E-state index in [1.807, 2.05) is 40.1 Å². The van der Waals surface area contributed by atoms with Crippen molar-refractivity contribution in [1.29, 1.82) is 0 Å². The van der Waals surface area contributed by atoms with Gasteiger partial charge >= 0.3 is 29.8 Å². The van der Waals surface area contributed by atoms with Gasteiger partial charge in [0, 0.05) is 45.7 Å². The molecule has 0 aromatic heterocycles. The van der Waals surface area contributed by atoms with E-state index in [4.69, 9.17) is 23.7 Å². The molecule has 0 aliphatic carbocycles. The number of carbonyl (C=O) groups is 6. The van der Waals surface area contributed by atoms with Crippen LogP contribution in [-0.2, 0) is 59.1 Å². The fourth-order valence-electron chi connectivity index (χ4n) is 5.25. The van der Waals surface area contributed by atoms with Crippen LogP contribution in [0, 0.1) is 0 Å². The number of carbonyl (C=O) groups excluding carboxylic acids is 6. The highest BCUT2D eigenvalue weighted by atomic mass is 16.6. The molecule has 0 bridgehead atoms. The Bertz CT molecular complexity index is 1270. The van der Waals surface area contributed by atoms with Crippen molar-refractivity contribution in [2.45, 2.75) is 157 Å². The number of rotatable bonds is 22. The molecular weight excluding hydrogens is 722 g/mol. The summed E-state index contributed by atoms with van der Waals surface area (Å²) >= 11 is 0. The highest BCUT2D eigenvalue weighted by molar-refractivity contribution is 5.81. The minimum Gasteiger partial charge on any atom is -0.461 e. The van der Waals surface area contributed by atoms with Crippen LogP contribution in [0.15, 0.2) is 30.3 Å². The number of amides is 1. The van der Waals surface area contributed by atoms with Gasteiger partial charge in [-0.3, -0.25) is 28.8 Å². The molecule has 0 aliphatic heterocycles. The van der Waals surface area contributed by atoms with E-state index < -0.39 is 64.2 Å². The first-order valence-electron chi connectivity index (χ1n) is 19.5. The molecule has 0 aliphatic rings. The van der Waals surface area contributed by atoms with E-state index in [1.54, 1.807) is 83.1 Å². The van der Waals surface area contributed by atoms with Gasteiger partial charge in [-0.25, -0.2) is 0 Å². The third-order valence-corrected chi connectivity index (χ3v) is 7.33. The van der Waals surface area contributed by atoms with E-state index in [9.17, 15) is 28.8 Å². The second kappa shape index (κ2) is 23.3. The summed E-state index contributed by atoms with van der Waals surface area (Å²) in [6.45, 7) is 22.5. The van der Waals surface area contributed by atoms with E-state index in [-0.39, 0.29) is 84.4 Å². The summed E-state index contributed by atoms with van der Waals surface area (Å²) < 4.78 is 27.5. The molecule has 14 nitrogen and oxygen atoms in total. The van der Waals surface area contributed by atoms with Gasteiger partial charge in [0.05, 0.1) is 38.1 Å². The first-order valence-corrected chi connectivity index (χ1v) is 19.5. The molecule has 0 spiro atoms. The minimum absolute atomic E-state index is 0.0144. The molecule has 14 heteroatoms. The third kappa shape index (κ3) is 27.5. The molecule has 0 saturated heterocycles. The van der Waals surface area contributed by atoms with E-state index in [0.717, 1.165) is 5.56 Å². The zero-order valence-electron chi connectivity index (χ0n) is 36.0. The molecule has 1 rings (SSSR count). The lowest BCUT2D eigenvalue weighted by Crippen LogP contribution is -2.51. The number of nitrogens with zero attached hydrogens (tertiary/aromatic N) is 2. The monoisotopic (exact) mass is 791 g/mol. The second-order valence-corrected chi connectivity index (χ2v) is 17.9. The standard InChI is InChI=1S/C42H69N3O11/c1-39(2,3)53-35(48)20-24-44(25-21-36(49)54-40(4,5)6)28-32(43-33(46)18-19-34(47)52-30-31-16-14-13-15-17-31)29-45(26-22-37(50)55-41(7,8)9)27-23-38(51)56-42(10,11)12/h13-17,32H,18-30H2,1-12H3,(H,43,46). The summed E-state index contributed by atoms with van der Waals surface area (Å²) in [6.07, 6.45) is -0.259. The number of hydrogen-bond acceptors (Lipinski definition) is 13. The zero-order valence-corrected chi connectivity index (χ0v) is 36.0. The third-order valence-electron chi connectivity index (χ3n) is 7.33. The topological polar surface area (TPSA) is 167 Å². The van der Waals surface area contributed by atoms with Crippen LogP contribution in [-0.4, -0.2) is 113 Å². The first kappa shape index (κ1) is 50.0. The summed E-state index contributed by atoms with van der Waals surface area (Å²) in [7, 11) is 0. The van der Waals surface area contributed by atoms with E-state index in [2.05, 4.69) is 5.32 Å². The molecule has 1 aromatic rings. The second-order valence-electron chi connectivity index (χ2n) is 17.9. The molecule has 0 atom stereocenters. The maximum atomic E-state index is 13.4. The normalized spacial score (nSPS) is 12.3. The van der Waals surface area contributed by atoms with Gasteiger partial charge in [-0.2, -0.15) is 0 Å². The smallest absolute Gasteiger partial charge is 0.307 e. The van der Waals surface area contributed by atoms with Crippen LogP contribution in [0.1, 0.15) is 127 Å². The van der Waals surface area contributed by atoms with Crippen LogP contribution in [0.25, 0.3) is 0 Å². The molecule has 0 heterocycles. The SMILES string of the molecule is CC(C)(C)OC(=O)CCN(CCC(=O)OC(C)(C)C)CC(CN(CCC(=O)OC(C)(C)C)CCC(=O)OC(C)(C)C)NC(=O)CCC(=O)OCc1ccccc1. The van der Waals surface area contributed by atoms with Crippen molar-refractivity contribution in [1.82, 2.24) is 15.1 Å². The summed E-state index contributed by atoms with van der Waals surface area (Å²) in [5.41, 5.74) is -1.96. The summed E-state index contributed by atoms with van der Waals surface area (Å²) in [6, 6.07) is 8.56. The van der Waals surface area contributed by atoms with Gasteiger partial charge in [-0.05, 0) is 88.6 Å². The van der Waals surface area contributed by atoms with Crippen molar-refractivity contribution in [2.75, 3.05) is 39.3 Å². The highest BCUT2D eigenvalue weighted by Crippen LogP contribution is 2.14. The van der Waals surface area contributed by atoms with Crippen LogP contribution in [0.3, 0.4) is 0 Å². The van der Waals surface area contributed by atoms with Crippen molar-refractivity contribution in [3.63, 3.8) is 0 Å². The van der Waals surface area contributed by atoms with Crippen molar-refractivity contribution >= 4 is 35.8 Å². The van der Waals surface area contributed by atoms with Gasteiger partial charge in [-0.1, -0.05) is 30.3 Å². The van der Waals surface area contributed by atoms with Gasteiger partial charge in [0.15, 0.2) is 0 Å². The van der Waals surface area contributed by atoms with E-state index in [0.29, 0.717) is 0 Å². The molecule has 0 fully saturated rings. The Morgan fingerprint density at radius 3 is 1.16 bits per heavy atom. The van der Waals surface area contributed by atoms with Gasteiger partial charge in [0.25, 0.3) is 0 Å². The van der Waals surface area contributed by atoms with Crippen LogP contribution in [0.4, 0.5) is 0 Å². The Morgan fingerprint density at radius 1 is 0.500 bits per heavy atom. The lowest BCUT2D eigenvalue weighted by atomic mass is 10.1. The van der Waals surface area contributed by atoms with E-state index in [1.165, 1.54) is 0 Å². The lowest BCUT2D eigenvalue weighted by Gasteiger charge is -2.33. The highest BCUT2D eigenvalue weighted by Gasteiger charge is 2.26. The largest absolute Gasteiger partial charge is 0.461 e. The van der Waals surface area contributed by atoms with Crippen LogP contribution in [0.2, 0.25) is 0 Å². The quantitative estimate of drug-likeness (QED) is 0.115. The average molecular weight is 792 g/mol. The van der Waals surface area contributed by atoms with Crippen molar-refractivity contribution in [3.8, 4) is 0 Å².